The molecule has 0 aliphatic rings. The molecule has 0 saturated carbocycles. The molecule has 3 N–H and O–H groups in total. The van der Waals surface area contributed by atoms with Crippen LogP contribution in [0, 0.1) is 0 Å². The van der Waals surface area contributed by atoms with Crippen molar-refractivity contribution in [3.05, 3.63) is 64.7 Å². The van der Waals surface area contributed by atoms with E-state index < -0.39 is 0 Å². The van der Waals surface area contributed by atoms with E-state index >= 15 is 0 Å². The first-order valence-electron chi connectivity index (χ1n) is 6.58. The number of carbonyl (C=O) groups excluding carboxylic acids is 1. The van der Waals surface area contributed by atoms with Crippen molar-refractivity contribution in [3.8, 4) is 5.75 Å². The standard InChI is InChI=1S/C16H17ClN2O2/c1-11(16(20)19-18)13-8-6-12(7-9-13)10-21-15-5-3-2-4-14(15)17/h2-9,11H,10,18H2,1H3,(H,19,20). The second-order valence-electron chi connectivity index (χ2n) is 4.69. The van der Waals surface area contributed by atoms with Crippen LogP contribution in [0.1, 0.15) is 24.0 Å². The van der Waals surface area contributed by atoms with E-state index in [-0.39, 0.29) is 11.8 Å². The van der Waals surface area contributed by atoms with Crippen LogP contribution in [0.4, 0.5) is 0 Å². The summed E-state index contributed by atoms with van der Waals surface area (Å²) in [5.41, 5.74) is 4.05. The Balaban J connectivity index is 2.00. The van der Waals surface area contributed by atoms with Crippen molar-refractivity contribution < 1.29 is 9.53 Å². The first-order chi connectivity index (χ1) is 10.1. The van der Waals surface area contributed by atoms with Gasteiger partial charge in [0.2, 0.25) is 5.91 Å². The molecule has 0 aliphatic heterocycles. The van der Waals surface area contributed by atoms with Crippen molar-refractivity contribution >= 4 is 17.5 Å². The quantitative estimate of drug-likeness (QED) is 0.507. The van der Waals surface area contributed by atoms with Crippen LogP contribution in [0.15, 0.2) is 48.5 Å². The third kappa shape index (κ3) is 3.97. The predicted molar refractivity (Wildman–Crippen MR) is 83.0 cm³/mol. The minimum Gasteiger partial charge on any atom is -0.487 e. The van der Waals surface area contributed by atoms with Gasteiger partial charge in [-0.1, -0.05) is 48.0 Å². The molecule has 110 valence electrons. The Labute approximate surface area is 128 Å². The number of amides is 1. The molecule has 0 aromatic heterocycles. The summed E-state index contributed by atoms with van der Waals surface area (Å²) in [5, 5.41) is 0.586. The largest absolute Gasteiger partial charge is 0.487 e. The van der Waals surface area contributed by atoms with Gasteiger partial charge in [0.15, 0.2) is 0 Å². The Hall–Kier alpha value is -2.04. The fraction of sp³-hybridized carbons (Fsp3) is 0.188. The zero-order valence-corrected chi connectivity index (χ0v) is 12.4. The molecule has 2 rings (SSSR count). The van der Waals surface area contributed by atoms with Crippen LogP contribution in [-0.2, 0) is 11.4 Å². The number of halogens is 1. The monoisotopic (exact) mass is 304 g/mol. The molecule has 2 aromatic rings. The van der Waals surface area contributed by atoms with E-state index in [9.17, 15) is 4.79 Å². The van der Waals surface area contributed by atoms with Crippen LogP contribution >= 0.6 is 11.6 Å². The van der Waals surface area contributed by atoms with Crippen LogP contribution in [0.2, 0.25) is 5.02 Å². The van der Waals surface area contributed by atoms with Gasteiger partial charge in [0, 0.05) is 0 Å². The number of rotatable bonds is 5. The van der Waals surface area contributed by atoms with Crippen LogP contribution in [0.25, 0.3) is 0 Å². The lowest BCUT2D eigenvalue weighted by Crippen LogP contribution is -2.33. The highest BCUT2D eigenvalue weighted by Crippen LogP contribution is 2.24. The van der Waals surface area contributed by atoms with Crippen LogP contribution in [0.3, 0.4) is 0 Å². The molecule has 21 heavy (non-hydrogen) atoms. The summed E-state index contributed by atoms with van der Waals surface area (Å²) in [6.07, 6.45) is 0. The van der Waals surface area contributed by atoms with Crippen LogP contribution in [-0.4, -0.2) is 5.91 Å². The lowest BCUT2D eigenvalue weighted by atomic mass is 9.99. The fourth-order valence-corrected chi connectivity index (χ4v) is 2.09. The van der Waals surface area contributed by atoms with Gasteiger partial charge in [-0.3, -0.25) is 10.2 Å². The molecule has 4 nitrogen and oxygen atoms in total. The molecule has 0 fully saturated rings. The van der Waals surface area contributed by atoms with Gasteiger partial charge in [-0.25, -0.2) is 5.84 Å². The van der Waals surface area contributed by atoms with E-state index in [0.29, 0.717) is 17.4 Å². The Bertz CT molecular complexity index is 614. The molecule has 0 bridgehead atoms. The molecule has 5 heteroatoms. The first-order valence-corrected chi connectivity index (χ1v) is 6.96. The summed E-state index contributed by atoms with van der Waals surface area (Å²) < 4.78 is 5.66. The molecular weight excluding hydrogens is 288 g/mol. The number of hydrogen-bond donors (Lipinski definition) is 2. The van der Waals surface area contributed by atoms with Gasteiger partial charge in [0.25, 0.3) is 0 Å². The Kier molecular flexibility index (Phi) is 5.20. The van der Waals surface area contributed by atoms with Crippen molar-refractivity contribution in [3.63, 3.8) is 0 Å². The molecule has 0 saturated heterocycles. The van der Waals surface area contributed by atoms with Crippen molar-refractivity contribution in [2.24, 2.45) is 5.84 Å². The Morgan fingerprint density at radius 2 is 1.90 bits per heavy atom. The highest BCUT2D eigenvalue weighted by molar-refractivity contribution is 6.32. The van der Waals surface area contributed by atoms with Gasteiger partial charge in [0.05, 0.1) is 10.9 Å². The highest BCUT2D eigenvalue weighted by atomic mass is 35.5. The second kappa shape index (κ2) is 7.11. The summed E-state index contributed by atoms with van der Waals surface area (Å²) in [5.74, 6) is 5.29. The van der Waals surface area contributed by atoms with Crippen LogP contribution in [0.5, 0.6) is 5.75 Å². The highest BCUT2D eigenvalue weighted by Gasteiger charge is 2.13. The lowest BCUT2D eigenvalue weighted by Gasteiger charge is -2.11. The zero-order valence-electron chi connectivity index (χ0n) is 11.7. The van der Waals surface area contributed by atoms with Gasteiger partial charge < -0.3 is 4.74 Å². The maximum Gasteiger partial charge on any atom is 0.241 e. The van der Waals surface area contributed by atoms with E-state index in [2.05, 4.69) is 5.43 Å². The summed E-state index contributed by atoms with van der Waals surface area (Å²) >= 11 is 6.03. The molecule has 1 atom stereocenters. The third-order valence-corrected chi connectivity index (χ3v) is 3.56. The van der Waals surface area contributed by atoms with E-state index in [4.69, 9.17) is 22.2 Å². The number of carbonyl (C=O) groups is 1. The van der Waals surface area contributed by atoms with Crippen molar-refractivity contribution in [1.29, 1.82) is 0 Å². The van der Waals surface area contributed by atoms with E-state index in [0.717, 1.165) is 11.1 Å². The maximum absolute atomic E-state index is 11.5. The van der Waals surface area contributed by atoms with Gasteiger partial charge in [-0.2, -0.15) is 0 Å². The average Bonchev–Trinajstić information content (AvgIpc) is 2.53. The fourth-order valence-electron chi connectivity index (χ4n) is 1.90. The van der Waals surface area contributed by atoms with Gasteiger partial charge in [-0.05, 0) is 30.2 Å². The van der Waals surface area contributed by atoms with Crippen molar-refractivity contribution in [1.82, 2.24) is 5.43 Å². The molecule has 1 unspecified atom stereocenters. The first kappa shape index (κ1) is 15.4. The summed E-state index contributed by atoms with van der Waals surface area (Å²) in [6.45, 7) is 2.22. The summed E-state index contributed by atoms with van der Waals surface area (Å²) in [6, 6.07) is 15.0. The topological polar surface area (TPSA) is 64.4 Å². The predicted octanol–water partition coefficient (Wildman–Crippen LogP) is 3.01. The minimum atomic E-state index is -0.284. The molecule has 0 radical (unpaired) electrons. The molecule has 0 heterocycles. The molecule has 2 aromatic carbocycles. The van der Waals surface area contributed by atoms with E-state index in [1.54, 1.807) is 13.0 Å². The zero-order chi connectivity index (χ0) is 15.2. The average molecular weight is 305 g/mol. The van der Waals surface area contributed by atoms with Crippen LogP contribution < -0.4 is 16.0 Å². The normalized spacial score (nSPS) is 11.8. The van der Waals surface area contributed by atoms with E-state index in [1.807, 2.05) is 42.5 Å². The molecular formula is C16H17ClN2O2. The second-order valence-corrected chi connectivity index (χ2v) is 5.10. The smallest absolute Gasteiger partial charge is 0.241 e. The number of benzene rings is 2. The summed E-state index contributed by atoms with van der Waals surface area (Å²) in [7, 11) is 0. The van der Waals surface area contributed by atoms with Crippen molar-refractivity contribution in [2.75, 3.05) is 0 Å². The number of nitrogens with one attached hydrogen (secondary N) is 1. The maximum atomic E-state index is 11.5. The number of para-hydroxylation sites is 1. The SMILES string of the molecule is CC(C(=O)NN)c1ccc(COc2ccccc2Cl)cc1. The van der Waals surface area contributed by atoms with Crippen molar-refractivity contribution in [2.45, 2.75) is 19.4 Å². The Morgan fingerprint density at radius 3 is 2.52 bits per heavy atom. The minimum absolute atomic E-state index is 0.213. The molecule has 1 amide bonds. The number of nitrogens with two attached hydrogens (primary N) is 1. The number of hydrogen-bond acceptors (Lipinski definition) is 3. The van der Waals surface area contributed by atoms with Gasteiger partial charge in [-0.15, -0.1) is 0 Å². The van der Waals surface area contributed by atoms with Gasteiger partial charge in [0.1, 0.15) is 12.4 Å². The van der Waals surface area contributed by atoms with E-state index in [1.165, 1.54) is 0 Å². The molecule has 0 aliphatic carbocycles. The third-order valence-electron chi connectivity index (χ3n) is 3.25. The van der Waals surface area contributed by atoms with Gasteiger partial charge >= 0.3 is 0 Å². The number of ether oxygens (including phenoxy) is 1. The molecule has 0 spiro atoms. The number of hydrazine groups is 1. The lowest BCUT2D eigenvalue weighted by molar-refractivity contribution is -0.122. The summed E-state index contributed by atoms with van der Waals surface area (Å²) in [4.78, 5) is 11.5. The Morgan fingerprint density at radius 1 is 1.24 bits per heavy atom.